The minimum Gasteiger partial charge on any atom is -0.387 e. The number of aliphatic hydroxyl groups is 1. The second-order valence-corrected chi connectivity index (χ2v) is 7.73. The first-order chi connectivity index (χ1) is 14.4. The largest absolute Gasteiger partial charge is 0.387 e. The van der Waals surface area contributed by atoms with Crippen molar-refractivity contribution < 1.29 is 13.9 Å². The number of hydrogen-bond acceptors (Lipinski definition) is 5. The average molecular weight is 425 g/mol. The minimum atomic E-state index is -1.21. The second-order valence-electron chi connectivity index (χ2n) is 6.74. The predicted molar refractivity (Wildman–Crippen MR) is 112 cm³/mol. The van der Waals surface area contributed by atoms with Crippen LogP contribution in [0.2, 0.25) is 0 Å². The standard InChI is InChI=1S/C22H17F2N3O2S/c1-13-6-9-20(25-11-13)27-21(29)16-4-2-3-5-18(16)26-22(27)30-12-19(28)15-8-7-14(23)10-17(15)24/h2-11,19,28H,12H2,1H3/t19-/m1/s1. The molecule has 8 heteroatoms. The summed E-state index contributed by atoms with van der Waals surface area (Å²) in [6, 6.07) is 13.5. The average Bonchev–Trinajstić information content (AvgIpc) is 2.73. The number of fused-ring (bicyclic) bond motifs is 1. The van der Waals surface area contributed by atoms with Gasteiger partial charge in [-0.15, -0.1) is 0 Å². The molecule has 2 aromatic carbocycles. The van der Waals surface area contributed by atoms with Crippen LogP contribution in [0.4, 0.5) is 8.78 Å². The first-order valence-corrected chi connectivity index (χ1v) is 10.1. The highest BCUT2D eigenvalue weighted by molar-refractivity contribution is 7.99. The Hall–Kier alpha value is -3.10. The van der Waals surface area contributed by atoms with Crippen LogP contribution >= 0.6 is 11.8 Å². The van der Waals surface area contributed by atoms with Crippen LogP contribution in [0.1, 0.15) is 17.2 Å². The van der Waals surface area contributed by atoms with E-state index in [0.717, 1.165) is 29.5 Å². The highest BCUT2D eigenvalue weighted by atomic mass is 32.2. The van der Waals surface area contributed by atoms with Gasteiger partial charge in [0.2, 0.25) is 0 Å². The monoisotopic (exact) mass is 425 g/mol. The van der Waals surface area contributed by atoms with E-state index in [2.05, 4.69) is 9.97 Å². The van der Waals surface area contributed by atoms with Gasteiger partial charge in [-0.2, -0.15) is 0 Å². The molecule has 0 spiro atoms. The lowest BCUT2D eigenvalue weighted by atomic mass is 10.1. The Kier molecular flexibility index (Phi) is 5.61. The number of aliphatic hydroxyl groups excluding tert-OH is 1. The van der Waals surface area contributed by atoms with Gasteiger partial charge in [-0.25, -0.2) is 23.3 Å². The van der Waals surface area contributed by atoms with Crippen LogP contribution in [-0.4, -0.2) is 25.4 Å². The van der Waals surface area contributed by atoms with E-state index in [9.17, 15) is 18.7 Å². The van der Waals surface area contributed by atoms with Crippen molar-refractivity contribution in [2.45, 2.75) is 18.2 Å². The molecule has 5 nitrogen and oxygen atoms in total. The molecule has 0 amide bonds. The van der Waals surface area contributed by atoms with Gasteiger partial charge in [0.25, 0.3) is 5.56 Å². The number of nitrogens with zero attached hydrogens (tertiary/aromatic N) is 3. The van der Waals surface area contributed by atoms with Gasteiger partial charge in [-0.3, -0.25) is 4.79 Å². The molecule has 0 bridgehead atoms. The van der Waals surface area contributed by atoms with Gasteiger partial charge in [-0.1, -0.05) is 36.0 Å². The summed E-state index contributed by atoms with van der Waals surface area (Å²) in [6.45, 7) is 1.89. The van der Waals surface area contributed by atoms with Crippen molar-refractivity contribution in [1.82, 2.24) is 14.5 Å². The number of rotatable bonds is 5. The van der Waals surface area contributed by atoms with Gasteiger partial charge < -0.3 is 5.11 Å². The van der Waals surface area contributed by atoms with Crippen molar-refractivity contribution in [3.63, 3.8) is 0 Å². The van der Waals surface area contributed by atoms with Crippen LogP contribution in [-0.2, 0) is 0 Å². The van der Waals surface area contributed by atoms with Crippen LogP contribution in [0.25, 0.3) is 16.7 Å². The molecule has 0 radical (unpaired) electrons. The van der Waals surface area contributed by atoms with Gasteiger partial charge in [0.15, 0.2) is 5.16 Å². The van der Waals surface area contributed by atoms with Crippen molar-refractivity contribution in [3.8, 4) is 5.82 Å². The summed E-state index contributed by atoms with van der Waals surface area (Å²) in [4.78, 5) is 22.0. The number of thioether (sulfide) groups is 1. The summed E-state index contributed by atoms with van der Waals surface area (Å²) in [7, 11) is 0. The van der Waals surface area contributed by atoms with Gasteiger partial charge >= 0.3 is 0 Å². The molecule has 0 aliphatic heterocycles. The molecule has 30 heavy (non-hydrogen) atoms. The highest BCUT2D eigenvalue weighted by Gasteiger charge is 2.18. The summed E-state index contributed by atoms with van der Waals surface area (Å²) in [5.41, 5.74) is 1.14. The molecule has 0 unspecified atom stereocenters. The smallest absolute Gasteiger partial charge is 0.267 e. The Bertz CT molecular complexity index is 1280. The predicted octanol–water partition coefficient (Wildman–Crippen LogP) is 4.19. The van der Waals surface area contributed by atoms with E-state index in [1.807, 2.05) is 13.0 Å². The molecule has 4 rings (SSSR count). The van der Waals surface area contributed by atoms with Crippen molar-refractivity contribution in [1.29, 1.82) is 0 Å². The van der Waals surface area contributed by atoms with E-state index in [1.165, 1.54) is 10.6 Å². The minimum absolute atomic E-state index is 0.0131. The fourth-order valence-corrected chi connectivity index (χ4v) is 3.97. The Labute approximate surface area is 175 Å². The number of halogens is 2. The van der Waals surface area contributed by atoms with E-state index in [-0.39, 0.29) is 16.9 Å². The summed E-state index contributed by atoms with van der Waals surface area (Å²) >= 11 is 1.09. The molecule has 1 atom stereocenters. The second kappa shape index (κ2) is 8.33. The normalized spacial score (nSPS) is 12.3. The highest BCUT2D eigenvalue weighted by Crippen LogP contribution is 2.27. The van der Waals surface area contributed by atoms with Crippen LogP contribution in [0.3, 0.4) is 0 Å². The lowest BCUT2D eigenvalue weighted by molar-refractivity contribution is 0.198. The molecule has 0 saturated heterocycles. The van der Waals surface area contributed by atoms with E-state index in [4.69, 9.17) is 0 Å². The summed E-state index contributed by atoms with van der Waals surface area (Å²) in [5, 5.41) is 11.2. The first-order valence-electron chi connectivity index (χ1n) is 9.14. The molecular weight excluding hydrogens is 408 g/mol. The van der Waals surface area contributed by atoms with Gasteiger partial charge in [-0.05, 0) is 36.8 Å². The lowest BCUT2D eigenvalue weighted by Crippen LogP contribution is -2.23. The van der Waals surface area contributed by atoms with E-state index in [1.54, 1.807) is 36.5 Å². The van der Waals surface area contributed by atoms with Gasteiger partial charge in [0.1, 0.15) is 17.5 Å². The molecule has 0 aliphatic carbocycles. The number of aromatic nitrogens is 3. The Balaban J connectivity index is 1.74. The summed E-state index contributed by atoms with van der Waals surface area (Å²) in [6.07, 6.45) is 0.437. The van der Waals surface area contributed by atoms with E-state index < -0.39 is 17.7 Å². The maximum atomic E-state index is 14.0. The molecule has 2 aromatic heterocycles. The van der Waals surface area contributed by atoms with E-state index >= 15 is 0 Å². The topological polar surface area (TPSA) is 68.0 Å². The zero-order valence-electron chi connectivity index (χ0n) is 15.9. The molecule has 152 valence electrons. The molecule has 0 saturated carbocycles. The fourth-order valence-electron chi connectivity index (χ4n) is 3.02. The van der Waals surface area contributed by atoms with Crippen LogP contribution in [0.15, 0.2) is 70.7 Å². The molecule has 0 fully saturated rings. The van der Waals surface area contributed by atoms with Crippen molar-refractivity contribution in [2.24, 2.45) is 0 Å². The number of hydrogen-bond donors (Lipinski definition) is 1. The molecular formula is C22H17F2N3O2S. The first kappa shape index (κ1) is 20.2. The number of para-hydroxylation sites is 1. The number of aryl methyl sites for hydroxylation is 1. The Morgan fingerprint density at radius 1 is 1.13 bits per heavy atom. The summed E-state index contributed by atoms with van der Waals surface area (Å²) in [5.74, 6) is -1.13. The maximum absolute atomic E-state index is 14.0. The van der Waals surface area contributed by atoms with Crippen LogP contribution < -0.4 is 5.56 Å². The van der Waals surface area contributed by atoms with Crippen LogP contribution in [0.5, 0.6) is 0 Å². The third-order valence-electron chi connectivity index (χ3n) is 4.56. The number of benzene rings is 2. The molecule has 4 aromatic rings. The quantitative estimate of drug-likeness (QED) is 0.384. The SMILES string of the molecule is Cc1ccc(-n2c(SC[C@@H](O)c3ccc(F)cc3F)nc3ccccc3c2=O)nc1. The third kappa shape index (κ3) is 3.96. The summed E-state index contributed by atoms with van der Waals surface area (Å²) < 4.78 is 28.5. The Morgan fingerprint density at radius 3 is 2.67 bits per heavy atom. The molecule has 1 N–H and O–H groups in total. The molecule has 0 aliphatic rings. The zero-order valence-corrected chi connectivity index (χ0v) is 16.7. The van der Waals surface area contributed by atoms with E-state index in [0.29, 0.717) is 21.9 Å². The maximum Gasteiger partial charge on any atom is 0.267 e. The van der Waals surface area contributed by atoms with Crippen molar-refractivity contribution in [3.05, 3.63) is 93.9 Å². The van der Waals surface area contributed by atoms with Gasteiger partial charge in [0, 0.05) is 23.6 Å². The van der Waals surface area contributed by atoms with Crippen molar-refractivity contribution in [2.75, 3.05) is 5.75 Å². The lowest BCUT2D eigenvalue weighted by Gasteiger charge is -2.15. The number of pyridine rings is 1. The van der Waals surface area contributed by atoms with Crippen molar-refractivity contribution >= 4 is 22.7 Å². The zero-order chi connectivity index (χ0) is 21.3. The third-order valence-corrected chi connectivity index (χ3v) is 5.58. The van der Waals surface area contributed by atoms with Crippen LogP contribution in [0, 0.1) is 18.6 Å². The fraction of sp³-hybridized carbons (Fsp3) is 0.136. The van der Waals surface area contributed by atoms with Gasteiger partial charge in [0.05, 0.1) is 17.0 Å². The molecule has 2 heterocycles. The Morgan fingerprint density at radius 2 is 1.93 bits per heavy atom.